The monoisotopic (exact) mass is 287 g/mol. The Morgan fingerprint density at radius 1 is 1.33 bits per heavy atom. The third-order valence-electron chi connectivity index (χ3n) is 3.87. The zero-order valence-corrected chi connectivity index (χ0v) is 12.3. The molecule has 18 heavy (non-hydrogen) atoms. The maximum absolute atomic E-state index is 6.03. The van der Waals surface area contributed by atoms with Gasteiger partial charge in [-0.3, -0.25) is 0 Å². The summed E-state index contributed by atoms with van der Waals surface area (Å²) in [6.07, 6.45) is 3.55. The van der Waals surface area contributed by atoms with Crippen LogP contribution in [0.1, 0.15) is 37.8 Å². The fourth-order valence-corrected chi connectivity index (χ4v) is 2.57. The van der Waals surface area contributed by atoms with E-state index in [2.05, 4.69) is 12.2 Å². The molecule has 1 N–H and O–H groups in total. The standard InChI is InChI=1S/C14H19Cl2NO/c1-10(11-4-5-12(15)13(16)8-11)17-9-14(18-2)6-3-7-14/h4-5,8,10,17H,3,6-7,9H2,1-2H3. The van der Waals surface area contributed by atoms with Crippen molar-refractivity contribution in [3.63, 3.8) is 0 Å². The number of hydrogen-bond acceptors (Lipinski definition) is 2. The summed E-state index contributed by atoms with van der Waals surface area (Å²) in [4.78, 5) is 0. The van der Waals surface area contributed by atoms with Gasteiger partial charge in [0.2, 0.25) is 0 Å². The van der Waals surface area contributed by atoms with Gasteiger partial charge in [-0.1, -0.05) is 29.3 Å². The maximum atomic E-state index is 6.03. The molecule has 0 bridgehead atoms. The fourth-order valence-electron chi connectivity index (χ4n) is 2.26. The SMILES string of the molecule is COC1(CNC(C)c2ccc(Cl)c(Cl)c2)CCC1. The van der Waals surface area contributed by atoms with Crippen LogP contribution in [0.5, 0.6) is 0 Å². The van der Waals surface area contributed by atoms with Gasteiger partial charge in [0.15, 0.2) is 0 Å². The van der Waals surface area contributed by atoms with Crippen LogP contribution in [0.3, 0.4) is 0 Å². The van der Waals surface area contributed by atoms with Gasteiger partial charge >= 0.3 is 0 Å². The molecule has 0 saturated heterocycles. The average molecular weight is 288 g/mol. The van der Waals surface area contributed by atoms with Crippen LogP contribution in [-0.4, -0.2) is 19.3 Å². The molecule has 1 fully saturated rings. The highest BCUT2D eigenvalue weighted by Gasteiger charge is 2.36. The molecule has 0 aliphatic heterocycles. The molecule has 1 aliphatic rings. The van der Waals surface area contributed by atoms with Crippen molar-refractivity contribution in [1.29, 1.82) is 0 Å². The van der Waals surface area contributed by atoms with Gasteiger partial charge in [0.05, 0.1) is 15.6 Å². The van der Waals surface area contributed by atoms with Crippen LogP contribution in [-0.2, 0) is 4.74 Å². The molecule has 2 nitrogen and oxygen atoms in total. The van der Waals surface area contributed by atoms with Crippen molar-refractivity contribution in [2.75, 3.05) is 13.7 Å². The Bertz CT molecular complexity index is 413. The van der Waals surface area contributed by atoms with Crippen molar-refractivity contribution in [2.45, 2.75) is 37.8 Å². The minimum absolute atomic E-state index is 0.0461. The Balaban J connectivity index is 1.94. The molecule has 4 heteroatoms. The smallest absolute Gasteiger partial charge is 0.0802 e. The molecule has 2 rings (SSSR count). The molecule has 0 heterocycles. The highest BCUT2D eigenvalue weighted by Crippen LogP contribution is 2.35. The van der Waals surface area contributed by atoms with Gasteiger partial charge in [0.25, 0.3) is 0 Å². The van der Waals surface area contributed by atoms with E-state index in [1.165, 1.54) is 6.42 Å². The van der Waals surface area contributed by atoms with Crippen LogP contribution in [0.25, 0.3) is 0 Å². The number of benzene rings is 1. The Kier molecular flexibility index (Phi) is 4.54. The third kappa shape index (κ3) is 3.00. The minimum atomic E-state index is 0.0461. The van der Waals surface area contributed by atoms with Crippen molar-refractivity contribution in [2.24, 2.45) is 0 Å². The molecule has 1 atom stereocenters. The molecule has 1 saturated carbocycles. The van der Waals surface area contributed by atoms with Crippen LogP contribution < -0.4 is 5.32 Å². The number of halogens is 2. The summed E-state index contributed by atoms with van der Waals surface area (Å²) in [5.41, 5.74) is 1.19. The van der Waals surface area contributed by atoms with Crippen LogP contribution in [0.4, 0.5) is 0 Å². The van der Waals surface area contributed by atoms with Gasteiger partial charge < -0.3 is 10.1 Å². The zero-order valence-electron chi connectivity index (χ0n) is 10.8. The topological polar surface area (TPSA) is 21.3 Å². The molecule has 1 unspecified atom stereocenters. The number of nitrogens with one attached hydrogen (secondary N) is 1. The summed E-state index contributed by atoms with van der Waals surface area (Å²) in [6.45, 7) is 3.01. The summed E-state index contributed by atoms with van der Waals surface area (Å²) < 4.78 is 5.59. The molecule has 0 aromatic heterocycles. The second-order valence-corrected chi connectivity index (χ2v) is 5.83. The lowest BCUT2D eigenvalue weighted by molar-refractivity contribution is -0.0706. The summed E-state index contributed by atoms with van der Waals surface area (Å²) in [5, 5.41) is 4.71. The molecule has 0 radical (unpaired) electrons. The predicted octanol–water partition coefficient (Wildman–Crippen LogP) is 4.21. The van der Waals surface area contributed by atoms with Crippen molar-refractivity contribution in [1.82, 2.24) is 5.32 Å². The van der Waals surface area contributed by atoms with Crippen LogP contribution in [0, 0.1) is 0 Å². The first-order chi connectivity index (χ1) is 8.56. The van der Waals surface area contributed by atoms with E-state index in [0.29, 0.717) is 10.0 Å². The Morgan fingerprint density at radius 2 is 2.06 bits per heavy atom. The summed E-state index contributed by atoms with van der Waals surface area (Å²) in [7, 11) is 1.80. The van der Waals surface area contributed by atoms with Crippen molar-refractivity contribution in [3.8, 4) is 0 Å². The van der Waals surface area contributed by atoms with Crippen LogP contribution in [0.2, 0.25) is 10.0 Å². The zero-order chi connectivity index (χ0) is 13.2. The predicted molar refractivity (Wildman–Crippen MR) is 76.5 cm³/mol. The van der Waals surface area contributed by atoms with Gasteiger partial charge in [-0.05, 0) is 43.9 Å². The highest BCUT2D eigenvalue weighted by molar-refractivity contribution is 6.42. The van der Waals surface area contributed by atoms with E-state index >= 15 is 0 Å². The summed E-state index contributed by atoms with van der Waals surface area (Å²) >= 11 is 11.9. The second kappa shape index (κ2) is 5.79. The Morgan fingerprint density at radius 3 is 2.56 bits per heavy atom. The highest BCUT2D eigenvalue weighted by atomic mass is 35.5. The maximum Gasteiger partial charge on any atom is 0.0802 e. The van der Waals surface area contributed by atoms with Gasteiger partial charge in [-0.25, -0.2) is 0 Å². The third-order valence-corrected chi connectivity index (χ3v) is 4.61. The van der Waals surface area contributed by atoms with Gasteiger partial charge in [0, 0.05) is 19.7 Å². The number of rotatable bonds is 5. The van der Waals surface area contributed by atoms with E-state index in [1.807, 2.05) is 18.2 Å². The first-order valence-electron chi connectivity index (χ1n) is 6.30. The van der Waals surface area contributed by atoms with Crippen molar-refractivity contribution in [3.05, 3.63) is 33.8 Å². The molecular weight excluding hydrogens is 269 g/mol. The lowest BCUT2D eigenvalue weighted by Gasteiger charge is -2.41. The molecule has 0 amide bonds. The van der Waals surface area contributed by atoms with E-state index in [9.17, 15) is 0 Å². The molecule has 100 valence electrons. The van der Waals surface area contributed by atoms with Gasteiger partial charge in [-0.2, -0.15) is 0 Å². The average Bonchev–Trinajstić information content (AvgIpc) is 2.31. The molecular formula is C14H19Cl2NO. The molecule has 0 spiro atoms. The molecule has 1 aromatic carbocycles. The first-order valence-corrected chi connectivity index (χ1v) is 7.05. The largest absolute Gasteiger partial charge is 0.377 e. The van der Waals surface area contributed by atoms with E-state index in [4.69, 9.17) is 27.9 Å². The number of methoxy groups -OCH3 is 1. The lowest BCUT2D eigenvalue weighted by atomic mass is 9.80. The van der Waals surface area contributed by atoms with Crippen LogP contribution in [0.15, 0.2) is 18.2 Å². The first kappa shape index (κ1) is 14.1. The normalized spacial score (nSPS) is 19.3. The van der Waals surface area contributed by atoms with E-state index in [0.717, 1.165) is 24.9 Å². The van der Waals surface area contributed by atoms with E-state index < -0.39 is 0 Å². The van der Waals surface area contributed by atoms with Gasteiger partial charge in [-0.15, -0.1) is 0 Å². The van der Waals surface area contributed by atoms with Crippen molar-refractivity contribution < 1.29 is 4.74 Å². The minimum Gasteiger partial charge on any atom is -0.377 e. The lowest BCUT2D eigenvalue weighted by Crippen LogP contribution is -2.48. The van der Waals surface area contributed by atoms with Gasteiger partial charge in [0.1, 0.15) is 0 Å². The quantitative estimate of drug-likeness (QED) is 0.876. The molecule has 1 aromatic rings. The number of ether oxygens (including phenoxy) is 1. The van der Waals surface area contributed by atoms with Crippen LogP contribution >= 0.6 is 23.2 Å². The van der Waals surface area contributed by atoms with E-state index in [-0.39, 0.29) is 11.6 Å². The van der Waals surface area contributed by atoms with E-state index in [1.54, 1.807) is 7.11 Å². The summed E-state index contributed by atoms with van der Waals surface area (Å²) in [6, 6.07) is 6.01. The molecule has 1 aliphatic carbocycles. The second-order valence-electron chi connectivity index (χ2n) is 5.02. The number of hydrogen-bond donors (Lipinski definition) is 1. The Labute approximate surface area is 119 Å². The fraction of sp³-hybridized carbons (Fsp3) is 0.571. The van der Waals surface area contributed by atoms with Crippen molar-refractivity contribution >= 4 is 23.2 Å². The Hall–Kier alpha value is -0.280. The summed E-state index contributed by atoms with van der Waals surface area (Å²) in [5.74, 6) is 0.